The Hall–Kier alpha value is -4.91. The third-order valence-electron chi connectivity index (χ3n) is 6.96. The molecule has 0 fully saturated rings. The molecule has 0 aliphatic heterocycles. The van der Waals surface area contributed by atoms with Gasteiger partial charge in [0.2, 0.25) is 5.89 Å². The van der Waals surface area contributed by atoms with Crippen molar-refractivity contribution >= 4 is 17.5 Å². The second-order valence-electron chi connectivity index (χ2n) is 10.3. The summed E-state index contributed by atoms with van der Waals surface area (Å²) in [5.41, 5.74) is -2.07. The highest BCUT2D eigenvalue weighted by atomic mass is 35.5. The smallest absolute Gasteiger partial charge is 0.416 e. The fourth-order valence-electron chi connectivity index (χ4n) is 4.65. The lowest BCUT2D eigenvalue weighted by molar-refractivity contribution is -0.143. The Morgan fingerprint density at radius 1 is 0.848 bits per heavy atom. The molecule has 1 unspecified atom stereocenters. The van der Waals surface area contributed by atoms with Crippen molar-refractivity contribution in [3.05, 3.63) is 124 Å². The summed E-state index contributed by atoms with van der Waals surface area (Å²) in [5.74, 6) is -1.79. The van der Waals surface area contributed by atoms with Crippen LogP contribution in [0.1, 0.15) is 44.8 Å². The predicted octanol–water partition coefficient (Wildman–Crippen LogP) is 8.96. The average molecular weight is 664 g/mol. The number of carbonyl (C=O) groups excluding carboxylic acids is 1. The molecule has 2 N–H and O–H groups in total. The Labute approximate surface area is 261 Å². The number of hydrogen-bond acceptors (Lipinski definition) is 5. The van der Waals surface area contributed by atoms with Gasteiger partial charge in [-0.1, -0.05) is 53.2 Å². The van der Waals surface area contributed by atoms with Crippen LogP contribution in [0.4, 0.5) is 30.7 Å². The van der Waals surface area contributed by atoms with E-state index in [0.29, 0.717) is 23.3 Å². The van der Waals surface area contributed by atoms with Crippen LogP contribution in [0.2, 0.25) is 5.02 Å². The summed E-state index contributed by atoms with van der Waals surface area (Å²) in [7, 11) is 0. The van der Waals surface area contributed by atoms with Crippen molar-refractivity contribution in [2.24, 2.45) is 0 Å². The SMILES string of the molecule is Cc1noc(C(Cc2ccc(-c3ccc(F)c(Cl)c3)cc2)NC(=O)c2cc(-c3cc(C(F)(F)F)cc(C(F)(F)F)c3)ccc2O)n1. The third-order valence-corrected chi connectivity index (χ3v) is 7.25. The molecule has 1 heterocycles. The maximum Gasteiger partial charge on any atom is 0.416 e. The number of phenols is 1. The number of nitrogens with zero attached hydrogens (tertiary/aromatic N) is 2. The minimum atomic E-state index is -5.08. The van der Waals surface area contributed by atoms with Gasteiger partial charge in [-0.2, -0.15) is 31.3 Å². The van der Waals surface area contributed by atoms with Gasteiger partial charge >= 0.3 is 12.4 Å². The number of halogens is 8. The summed E-state index contributed by atoms with van der Waals surface area (Å²) in [4.78, 5) is 17.6. The van der Waals surface area contributed by atoms with Crippen LogP contribution in [0.5, 0.6) is 5.75 Å². The quantitative estimate of drug-likeness (QED) is 0.170. The lowest BCUT2D eigenvalue weighted by atomic mass is 9.97. The molecule has 4 aromatic carbocycles. The Bertz CT molecular complexity index is 1870. The van der Waals surface area contributed by atoms with Crippen LogP contribution in [-0.4, -0.2) is 21.2 Å². The molecule has 1 aromatic heterocycles. The highest BCUT2D eigenvalue weighted by Crippen LogP contribution is 2.39. The Morgan fingerprint density at radius 3 is 2.00 bits per heavy atom. The van der Waals surface area contributed by atoms with E-state index in [0.717, 1.165) is 23.8 Å². The van der Waals surface area contributed by atoms with Crippen molar-refractivity contribution in [3.63, 3.8) is 0 Å². The normalized spacial score (nSPS) is 12.6. The number of aromatic nitrogens is 2. The monoisotopic (exact) mass is 663 g/mol. The summed E-state index contributed by atoms with van der Waals surface area (Å²) >= 11 is 5.89. The van der Waals surface area contributed by atoms with Gasteiger partial charge in [0.05, 0.1) is 21.7 Å². The van der Waals surface area contributed by atoms with Crippen molar-refractivity contribution in [2.45, 2.75) is 31.7 Å². The zero-order valence-corrected chi connectivity index (χ0v) is 24.2. The minimum Gasteiger partial charge on any atom is -0.507 e. The molecule has 5 rings (SSSR count). The molecule has 0 bridgehead atoms. The second kappa shape index (κ2) is 12.5. The molecule has 5 aromatic rings. The Kier molecular flexibility index (Phi) is 8.81. The molecule has 0 aliphatic rings. The summed E-state index contributed by atoms with van der Waals surface area (Å²) in [5, 5.41) is 16.8. The van der Waals surface area contributed by atoms with Crippen LogP contribution in [0.25, 0.3) is 22.3 Å². The van der Waals surface area contributed by atoms with Crippen LogP contribution in [0, 0.1) is 12.7 Å². The second-order valence-corrected chi connectivity index (χ2v) is 10.7. The van der Waals surface area contributed by atoms with Crippen molar-refractivity contribution in [3.8, 4) is 28.0 Å². The summed E-state index contributed by atoms with van der Waals surface area (Å²) < 4.78 is 99.5. The molecule has 6 nitrogen and oxygen atoms in total. The molecule has 0 spiro atoms. The molecule has 1 amide bonds. The van der Waals surface area contributed by atoms with Crippen LogP contribution in [0.3, 0.4) is 0 Å². The number of hydrogen-bond donors (Lipinski definition) is 2. The zero-order chi connectivity index (χ0) is 33.4. The number of phenolic OH excluding ortho intramolecular Hbond substituents is 1. The van der Waals surface area contributed by atoms with Gasteiger partial charge < -0.3 is 14.9 Å². The topological polar surface area (TPSA) is 88.2 Å². The van der Waals surface area contributed by atoms with E-state index in [1.165, 1.54) is 12.1 Å². The van der Waals surface area contributed by atoms with Gasteiger partial charge in [-0.25, -0.2) is 4.39 Å². The first-order valence-electron chi connectivity index (χ1n) is 13.4. The number of carbonyl (C=O) groups is 1. The summed E-state index contributed by atoms with van der Waals surface area (Å²) in [6.45, 7) is 1.55. The lowest BCUT2D eigenvalue weighted by Crippen LogP contribution is -2.30. The largest absolute Gasteiger partial charge is 0.507 e. The molecule has 14 heteroatoms. The highest BCUT2D eigenvalue weighted by molar-refractivity contribution is 6.31. The summed E-state index contributed by atoms with van der Waals surface area (Å²) in [6, 6.07) is 14.4. The van der Waals surface area contributed by atoms with E-state index < -0.39 is 58.1 Å². The van der Waals surface area contributed by atoms with E-state index >= 15 is 0 Å². The standard InChI is InChI=1S/C32H21ClF7N3O3/c1-16-41-30(46-43-16)27(10-17-2-4-18(5-3-17)20-6-8-26(34)25(33)14-20)42-29(45)24-13-19(7-9-28(24)44)21-11-22(31(35,36)37)15-23(12-21)32(38,39)40/h2-9,11-15,27,44H,10H2,1H3,(H,42,45). The minimum absolute atomic E-state index is 0.00332. The number of aromatic hydroxyl groups is 1. The van der Waals surface area contributed by atoms with Gasteiger partial charge in [0, 0.05) is 6.42 Å². The fourth-order valence-corrected chi connectivity index (χ4v) is 4.84. The highest BCUT2D eigenvalue weighted by Gasteiger charge is 2.37. The lowest BCUT2D eigenvalue weighted by Gasteiger charge is -2.17. The van der Waals surface area contributed by atoms with E-state index in [2.05, 4.69) is 15.5 Å². The molecular weight excluding hydrogens is 643 g/mol. The maximum atomic E-state index is 13.6. The molecule has 1 atom stereocenters. The van der Waals surface area contributed by atoms with Crippen molar-refractivity contribution in [1.82, 2.24) is 15.5 Å². The van der Waals surface area contributed by atoms with Crippen LogP contribution in [0.15, 0.2) is 83.4 Å². The predicted molar refractivity (Wildman–Crippen MR) is 153 cm³/mol. The van der Waals surface area contributed by atoms with Gasteiger partial charge in [-0.3, -0.25) is 4.79 Å². The van der Waals surface area contributed by atoms with Crippen LogP contribution in [-0.2, 0) is 18.8 Å². The first-order chi connectivity index (χ1) is 21.6. The van der Waals surface area contributed by atoms with Gasteiger partial charge in [-0.15, -0.1) is 0 Å². The van der Waals surface area contributed by atoms with Gasteiger partial charge in [0.25, 0.3) is 5.91 Å². The first kappa shape index (κ1) is 32.5. The van der Waals surface area contributed by atoms with Gasteiger partial charge in [0.1, 0.15) is 17.6 Å². The molecule has 0 saturated heterocycles. The molecule has 0 aliphatic carbocycles. The maximum absolute atomic E-state index is 13.6. The number of alkyl halides is 6. The number of amides is 1. The van der Waals surface area contributed by atoms with Gasteiger partial charge in [-0.05, 0) is 77.2 Å². The molecule has 0 radical (unpaired) electrons. The molecule has 46 heavy (non-hydrogen) atoms. The average Bonchev–Trinajstić information content (AvgIpc) is 3.44. The van der Waals surface area contributed by atoms with E-state index in [-0.39, 0.29) is 34.8 Å². The van der Waals surface area contributed by atoms with Crippen molar-refractivity contribution in [2.75, 3.05) is 0 Å². The number of nitrogens with one attached hydrogen (secondary N) is 1. The third kappa shape index (κ3) is 7.31. The fraction of sp³-hybridized carbons (Fsp3) is 0.156. The van der Waals surface area contributed by atoms with Crippen LogP contribution >= 0.6 is 11.6 Å². The molecule has 238 valence electrons. The van der Waals surface area contributed by atoms with E-state index in [1.807, 2.05) is 0 Å². The van der Waals surface area contributed by atoms with E-state index in [1.54, 1.807) is 37.3 Å². The summed E-state index contributed by atoms with van der Waals surface area (Å²) in [6.07, 6.45) is -10.1. The molecule has 0 saturated carbocycles. The Morgan fingerprint density at radius 2 is 1.43 bits per heavy atom. The number of rotatable bonds is 7. The number of aryl methyl sites for hydroxylation is 1. The van der Waals surface area contributed by atoms with Crippen LogP contribution < -0.4 is 5.32 Å². The Balaban J connectivity index is 1.44. The zero-order valence-electron chi connectivity index (χ0n) is 23.5. The first-order valence-corrected chi connectivity index (χ1v) is 13.7. The van der Waals surface area contributed by atoms with Crippen molar-refractivity contribution < 1.29 is 45.2 Å². The molecular formula is C32H21ClF7N3O3. The van der Waals surface area contributed by atoms with E-state index in [4.69, 9.17) is 16.1 Å². The van der Waals surface area contributed by atoms with E-state index in [9.17, 15) is 40.6 Å². The van der Waals surface area contributed by atoms with Gasteiger partial charge in [0.15, 0.2) is 5.82 Å². The number of benzene rings is 4. The van der Waals surface area contributed by atoms with Crippen molar-refractivity contribution in [1.29, 1.82) is 0 Å².